The summed E-state index contributed by atoms with van der Waals surface area (Å²) >= 11 is 9.07. The topological polar surface area (TPSA) is 44.8 Å². The lowest BCUT2D eigenvalue weighted by Crippen LogP contribution is -2.05. The third kappa shape index (κ3) is 5.26. The number of ketones is 1. The van der Waals surface area contributed by atoms with Crippen LogP contribution in [0, 0.1) is 0 Å². The van der Waals surface area contributed by atoms with Gasteiger partial charge in [0.25, 0.3) is 0 Å². The molecule has 0 bridgehead atoms. The molecule has 2 aromatic carbocycles. The van der Waals surface area contributed by atoms with E-state index in [2.05, 4.69) is 0 Å². The molecule has 0 fully saturated rings. The van der Waals surface area contributed by atoms with E-state index < -0.39 is 0 Å². The third-order valence-electron chi connectivity index (χ3n) is 4.32. The van der Waals surface area contributed by atoms with Gasteiger partial charge in [0.1, 0.15) is 0 Å². The molecule has 1 heterocycles. The number of thioether (sulfide) groups is 1. The van der Waals surface area contributed by atoms with Gasteiger partial charge in [-0.05, 0) is 53.4 Å². The van der Waals surface area contributed by atoms with Crippen LogP contribution in [0.5, 0.6) is 17.2 Å². The zero-order chi connectivity index (χ0) is 20.8. The highest BCUT2D eigenvalue weighted by molar-refractivity contribution is 7.99. The van der Waals surface area contributed by atoms with E-state index in [1.54, 1.807) is 33.1 Å². The van der Waals surface area contributed by atoms with E-state index in [1.807, 2.05) is 53.9 Å². The Balaban J connectivity index is 1.99. The lowest BCUT2D eigenvalue weighted by Gasteiger charge is -2.20. The van der Waals surface area contributed by atoms with E-state index in [4.69, 9.17) is 25.8 Å². The van der Waals surface area contributed by atoms with Gasteiger partial charge in [-0.15, -0.1) is 23.1 Å². The van der Waals surface area contributed by atoms with Gasteiger partial charge in [0.05, 0.1) is 26.2 Å². The number of rotatable bonds is 9. The maximum atomic E-state index is 12.9. The summed E-state index contributed by atoms with van der Waals surface area (Å²) in [6.07, 6.45) is 0.340. The number of methoxy groups -OCH3 is 3. The number of benzene rings is 2. The monoisotopic (exact) mass is 448 g/mol. The van der Waals surface area contributed by atoms with Crippen LogP contribution in [-0.2, 0) is 0 Å². The summed E-state index contributed by atoms with van der Waals surface area (Å²) < 4.78 is 16.4. The maximum absolute atomic E-state index is 12.9. The second-order valence-corrected chi connectivity index (χ2v) is 8.78. The quantitative estimate of drug-likeness (QED) is 0.275. The molecule has 3 aromatic rings. The standard InChI is InChI=1S/C22H21ClO4S2/c1-25-18-11-14(12-19(26-2)22(18)27-3)21(13-17(24)20-5-4-10-28-20)29-16-8-6-15(23)7-9-16/h4-12,21H,13H2,1-3H3. The molecule has 1 aromatic heterocycles. The van der Waals surface area contributed by atoms with Gasteiger partial charge in [-0.1, -0.05) is 17.7 Å². The number of ether oxygens (including phenoxy) is 3. The molecular weight excluding hydrogens is 428 g/mol. The average molecular weight is 449 g/mol. The first-order chi connectivity index (χ1) is 14.0. The molecule has 0 aliphatic rings. The summed E-state index contributed by atoms with van der Waals surface area (Å²) in [4.78, 5) is 14.6. The van der Waals surface area contributed by atoms with E-state index in [9.17, 15) is 4.79 Å². The molecule has 1 unspecified atom stereocenters. The molecule has 29 heavy (non-hydrogen) atoms. The van der Waals surface area contributed by atoms with Crippen molar-refractivity contribution in [2.75, 3.05) is 21.3 Å². The van der Waals surface area contributed by atoms with Crippen molar-refractivity contribution in [1.82, 2.24) is 0 Å². The van der Waals surface area contributed by atoms with Gasteiger partial charge in [-0.3, -0.25) is 4.79 Å². The Kier molecular flexibility index (Phi) is 7.47. The Morgan fingerprint density at radius 2 is 1.69 bits per heavy atom. The Hall–Kier alpha value is -2.15. The minimum atomic E-state index is -0.139. The van der Waals surface area contributed by atoms with Crippen LogP contribution < -0.4 is 14.2 Å². The molecule has 0 amide bonds. The van der Waals surface area contributed by atoms with E-state index >= 15 is 0 Å². The Morgan fingerprint density at radius 3 is 2.21 bits per heavy atom. The summed E-state index contributed by atoms with van der Waals surface area (Å²) in [6.45, 7) is 0. The van der Waals surface area contributed by atoms with Crippen molar-refractivity contribution in [3.05, 3.63) is 69.4 Å². The molecule has 0 saturated carbocycles. The molecule has 7 heteroatoms. The molecule has 0 aliphatic carbocycles. The second-order valence-electron chi connectivity index (χ2n) is 6.12. The van der Waals surface area contributed by atoms with Crippen molar-refractivity contribution in [3.8, 4) is 17.2 Å². The highest BCUT2D eigenvalue weighted by atomic mass is 35.5. The molecule has 152 valence electrons. The number of hydrogen-bond acceptors (Lipinski definition) is 6. The first-order valence-corrected chi connectivity index (χ1v) is 11.0. The van der Waals surface area contributed by atoms with E-state index in [0.717, 1.165) is 15.3 Å². The van der Waals surface area contributed by atoms with E-state index in [1.165, 1.54) is 11.3 Å². The zero-order valence-electron chi connectivity index (χ0n) is 16.3. The van der Waals surface area contributed by atoms with Crippen LogP contribution >= 0.6 is 34.7 Å². The summed E-state index contributed by atoms with van der Waals surface area (Å²) in [7, 11) is 4.73. The predicted molar refractivity (Wildman–Crippen MR) is 119 cm³/mol. The third-order valence-corrected chi connectivity index (χ3v) is 6.75. The van der Waals surface area contributed by atoms with Gasteiger partial charge < -0.3 is 14.2 Å². The normalized spacial score (nSPS) is 11.7. The van der Waals surface area contributed by atoms with Gasteiger partial charge in [0.15, 0.2) is 17.3 Å². The lowest BCUT2D eigenvalue weighted by atomic mass is 10.0. The molecule has 0 aliphatic heterocycles. The van der Waals surface area contributed by atoms with Crippen molar-refractivity contribution in [2.45, 2.75) is 16.6 Å². The largest absolute Gasteiger partial charge is 0.493 e. The van der Waals surface area contributed by atoms with Crippen LogP contribution in [-0.4, -0.2) is 27.1 Å². The zero-order valence-corrected chi connectivity index (χ0v) is 18.7. The Labute approximate surface area is 183 Å². The fourth-order valence-electron chi connectivity index (χ4n) is 2.90. The molecule has 0 radical (unpaired) electrons. The molecular formula is C22H21ClO4S2. The summed E-state index contributed by atoms with van der Waals surface area (Å²) in [5, 5.41) is 2.45. The molecule has 1 atom stereocenters. The molecule has 3 rings (SSSR count). The number of carbonyl (C=O) groups excluding carboxylic acids is 1. The fourth-order valence-corrected chi connectivity index (χ4v) is 4.83. The number of carbonyl (C=O) groups is 1. The second kappa shape index (κ2) is 10.1. The number of Topliss-reactive ketones (excluding diaryl/α,β-unsaturated/α-hetero) is 1. The highest BCUT2D eigenvalue weighted by Crippen LogP contribution is 2.45. The summed E-state index contributed by atoms with van der Waals surface area (Å²) in [5.74, 6) is 1.75. The predicted octanol–water partition coefficient (Wildman–Crippen LogP) is 6.53. The fraction of sp³-hybridized carbons (Fsp3) is 0.227. The molecule has 0 spiro atoms. The van der Waals surface area contributed by atoms with Crippen molar-refractivity contribution in [1.29, 1.82) is 0 Å². The highest BCUT2D eigenvalue weighted by Gasteiger charge is 2.23. The Morgan fingerprint density at radius 1 is 1.03 bits per heavy atom. The Bertz CT molecular complexity index is 930. The minimum absolute atomic E-state index is 0.0974. The lowest BCUT2D eigenvalue weighted by molar-refractivity contribution is 0.0986. The van der Waals surface area contributed by atoms with Crippen LogP contribution in [0.15, 0.2) is 58.8 Å². The molecule has 4 nitrogen and oxygen atoms in total. The van der Waals surface area contributed by atoms with Crippen LogP contribution in [0.2, 0.25) is 5.02 Å². The van der Waals surface area contributed by atoms with Crippen molar-refractivity contribution in [3.63, 3.8) is 0 Å². The van der Waals surface area contributed by atoms with E-state index in [0.29, 0.717) is 28.7 Å². The van der Waals surface area contributed by atoms with Gasteiger partial charge in [-0.2, -0.15) is 0 Å². The molecule has 0 saturated heterocycles. The van der Waals surface area contributed by atoms with Crippen LogP contribution in [0.25, 0.3) is 0 Å². The van der Waals surface area contributed by atoms with Crippen molar-refractivity contribution >= 4 is 40.5 Å². The van der Waals surface area contributed by atoms with Gasteiger partial charge in [0.2, 0.25) is 5.75 Å². The number of thiophene rings is 1. The molecule has 0 N–H and O–H groups in total. The smallest absolute Gasteiger partial charge is 0.203 e. The van der Waals surface area contributed by atoms with Crippen LogP contribution in [0.3, 0.4) is 0 Å². The summed E-state index contributed by atoms with van der Waals surface area (Å²) in [6, 6.07) is 15.1. The number of hydrogen-bond donors (Lipinski definition) is 0. The summed E-state index contributed by atoms with van der Waals surface area (Å²) in [5.41, 5.74) is 0.921. The van der Waals surface area contributed by atoms with Gasteiger partial charge in [0, 0.05) is 21.6 Å². The minimum Gasteiger partial charge on any atom is -0.493 e. The van der Waals surface area contributed by atoms with Crippen molar-refractivity contribution < 1.29 is 19.0 Å². The first-order valence-electron chi connectivity index (χ1n) is 8.84. The SMILES string of the molecule is COc1cc(C(CC(=O)c2cccs2)Sc2ccc(Cl)cc2)cc(OC)c1OC. The number of halogens is 1. The van der Waals surface area contributed by atoms with Crippen molar-refractivity contribution in [2.24, 2.45) is 0 Å². The first kappa shape index (κ1) is 21.6. The maximum Gasteiger partial charge on any atom is 0.203 e. The average Bonchev–Trinajstić information content (AvgIpc) is 3.28. The van der Waals surface area contributed by atoms with Crippen LogP contribution in [0.4, 0.5) is 0 Å². The van der Waals surface area contributed by atoms with E-state index in [-0.39, 0.29) is 11.0 Å². The van der Waals surface area contributed by atoms with Gasteiger partial charge >= 0.3 is 0 Å². The van der Waals surface area contributed by atoms with Crippen LogP contribution in [0.1, 0.15) is 26.9 Å². The van der Waals surface area contributed by atoms with Gasteiger partial charge in [-0.25, -0.2) is 0 Å².